The van der Waals surface area contributed by atoms with Crippen LogP contribution in [0.5, 0.6) is 0 Å². The quantitative estimate of drug-likeness (QED) is 0.360. The molecule has 1 fully saturated rings. The Morgan fingerprint density at radius 3 is 2.55 bits per heavy atom. The van der Waals surface area contributed by atoms with Gasteiger partial charge in [0.2, 0.25) is 0 Å². The molecule has 0 bridgehead atoms. The second-order valence-corrected chi connectivity index (χ2v) is 11.3. The lowest BCUT2D eigenvalue weighted by molar-refractivity contribution is 0.0920. The number of rotatable bonds is 8. The Balaban J connectivity index is 1.08. The van der Waals surface area contributed by atoms with Crippen LogP contribution in [0.4, 0.5) is 0 Å². The predicted octanol–water partition coefficient (Wildman–Crippen LogP) is 6.31. The van der Waals surface area contributed by atoms with E-state index in [1.807, 2.05) is 43.3 Å². The van der Waals surface area contributed by atoms with E-state index in [-0.39, 0.29) is 17.7 Å². The Labute approximate surface area is 227 Å². The van der Waals surface area contributed by atoms with Crippen molar-refractivity contribution in [3.05, 3.63) is 76.5 Å². The summed E-state index contributed by atoms with van der Waals surface area (Å²) < 4.78 is 0. The average Bonchev–Trinajstić information content (AvgIpc) is 3.14. The van der Waals surface area contributed by atoms with Crippen LogP contribution < -0.4 is 5.32 Å². The Morgan fingerprint density at radius 1 is 0.974 bits per heavy atom. The van der Waals surface area contributed by atoms with Gasteiger partial charge in [0.15, 0.2) is 5.78 Å². The maximum atomic E-state index is 13.1. The molecule has 38 heavy (non-hydrogen) atoms. The Morgan fingerprint density at radius 2 is 1.76 bits per heavy atom. The Bertz CT molecular complexity index is 1290. The number of hydrogen-bond donors (Lipinski definition) is 1. The molecule has 1 aliphatic carbocycles. The van der Waals surface area contributed by atoms with E-state index in [9.17, 15) is 9.59 Å². The van der Waals surface area contributed by atoms with Crippen molar-refractivity contribution in [3.63, 3.8) is 0 Å². The molecule has 2 aliphatic rings. The smallest absolute Gasteiger partial charge is 0.252 e. The number of nitrogens with zero attached hydrogens (tertiary/aromatic N) is 2. The molecule has 2 aromatic carbocycles. The molecule has 200 valence electrons. The van der Waals surface area contributed by atoms with Gasteiger partial charge in [-0.15, -0.1) is 0 Å². The summed E-state index contributed by atoms with van der Waals surface area (Å²) in [4.78, 5) is 32.6. The minimum absolute atomic E-state index is 0.0217. The summed E-state index contributed by atoms with van der Waals surface area (Å²) in [5.41, 5.74) is 6.22. The molecule has 0 unspecified atom stereocenters. The summed E-state index contributed by atoms with van der Waals surface area (Å²) in [7, 11) is 0. The van der Waals surface area contributed by atoms with E-state index < -0.39 is 0 Å². The van der Waals surface area contributed by atoms with Crippen LogP contribution in [0, 0.1) is 12.8 Å². The zero-order chi connectivity index (χ0) is 26.5. The lowest BCUT2D eigenvalue weighted by Gasteiger charge is -2.31. The third kappa shape index (κ3) is 6.32. The van der Waals surface area contributed by atoms with E-state index in [0.29, 0.717) is 6.42 Å². The fourth-order valence-corrected chi connectivity index (χ4v) is 6.22. The molecule has 1 N–H and O–H groups in total. The van der Waals surface area contributed by atoms with Crippen molar-refractivity contribution in [2.75, 3.05) is 19.6 Å². The van der Waals surface area contributed by atoms with Gasteiger partial charge in [0.1, 0.15) is 0 Å². The van der Waals surface area contributed by atoms with Crippen LogP contribution in [-0.2, 0) is 12.8 Å². The number of hydrogen-bond acceptors (Lipinski definition) is 4. The Hall–Kier alpha value is -3.05. The normalized spacial score (nSPS) is 20.1. The number of ketones is 1. The summed E-state index contributed by atoms with van der Waals surface area (Å²) in [5, 5.41) is 4.23. The van der Waals surface area contributed by atoms with E-state index in [1.54, 1.807) is 0 Å². The number of pyridine rings is 1. The molecule has 0 atom stereocenters. The molecule has 1 aliphatic heterocycles. The molecule has 3 aromatic rings. The number of fused-ring (bicyclic) bond motifs is 2. The monoisotopic (exact) mass is 511 g/mol. The highest BCUT2D eigenvalue weighted by atomic mass is 16.1. The molecule has 0 radical (unpaired) electrons. The van der Waals surface area contributed by atoms with Crippen molar-refractivity contribution in [1.29, 1.82) is 0 Å². The van der Waals surface area contributed by atoms with E-state index in [1.165, 1.54) is 30.4 Å². The van der Waals surface area contributed by atoms with Crippen molar-refractivity contribution < 1.29 is 9.59 Å². The highest BCUT2D eigenvalue weighted by Gasteiger charge is 2.24. The lowest BCUT2D eigenvalue weighted by atomic mass is 9.84. The van der Waals surface area contributed by atoms with Crippen LogP contribution in [0.1, 0.15) is 89.4 Å². The van der Waals surface area contributed by atoms with Crippen LogP contribution in [0.25, 0.3) is 10.9 Å². The van der Waals surface area contributed by atoms with Crippen LogP contribution >= 0.6 is 0 Å². The summed E-state index contributed by atoms with van der Waals surface area (Å²) in [6, 6.07) is 16.4. The highest BCUT2D eigenvalue weighted by molar-refractivity contribution is 6.06. The van der Waals surface area contributed by atoms with E-state index in [4.69, 9.17) is 0 Å². The largest absolute Gasteiger partial charge is 0.349 e. The first-order valence-electron chi connectivity index (χ1n) is 14.5. The minimum atomic E-state index is 0.0217. The molecular formula is C33H41N3O2. The fraction of sp³-hybridized carbons (Fsp3) is 0.485. The van der Waals surface area contributed by atoms with Gasteiger partial charge in [0.25, 0.3) is 5.91 Å². The third-order valence-electron chi connectivity index (χ3n) is 8.55. The summed E-state index contributed by atoms with van der Waals surface area (Å²) >= 11 is 0. The number of aromatic nitrogens is 1. The van der Waals surface area contributed by atoms with Crippen LogP contribution in [0.3, 0.4) is 0 Å². The fourth-order valence-electron chi connectivity index (χ4n) is 6.22. The minimum Gasteiger partial charge on any atom is -0.349 e. The number of aryl methyl sites for hydroxylation is 1. The SMILES string of the molecule is CCCC(=O)c1ccc2c(c1)CCN(CC[C@H]1CC[C@H](NC(=O)c3cccc4nc(C)ccc34)CC1)CC2. The molecule has 2 heterocycles. The van der Waals surface area contributed by atoms with Gasteiger partial charge < -0.3 is 10.2 Å². The summed E-state index contributed by atoms with van der Waals surface area (Å²) in [5.74, 6) is 1.03. The first-order chi connectivity index (χ1) is 18.5. The average molecular weight is 512 g/mol. The molecule has 5 nitrogen and oxygen atoms in total. The van der Waals surface area contributed by atoms with E-state index in [0.717, 1.165) is 85.4 Å². The van der Waals surface area contributed by atoms with Gasteiger partial charge in [0, 0.05) is 47.8 Å². The number of Topliss-reactive ketones (excluding diaryl/α,β-unsaturated/α-hetero) is 1. The van der Waals surface area contributed by atoms with Gasteiger partial charge in [-0.2, -0.15) is 0 Å². The highest BCUT2D eigenvalue weighted by Crippen LogP contribution is 2.28. The third-order valence-corrected chi connectivity index (χ3v) is 8.55. The number of benzene rings is 2. The van der Waals surface area contributed by atoms with Crippen LogP contribution in [0.2, 0.25) is 0 Å². The number of nitrogens with one attached hydrogen (secondary N) is 1. The maximum Gasteiger partial charge on any atom is 0.252 e. The first-order valence-corrected chi connectivity index (χ1v) is 14.5. The zero-order valence-electron chi connectivity index (χ0n) is 23.0. The molecule has 1 saturated carbocycles. The van der Waals surface area contributed by atoms with E-state index in [2.05, 4.69) is 34.3 Å². The molecule has 0 saturated heterocycles. The van der Waals surface area contributed by atoms with Crippen LogP contribution in [0.15, 0.2) is 48.5 Å². The van der Waals surface area contributed by atoms with Gasteiger partial charge in [-0.05, 0) is 106 Å². The van der Waals surface area contributed by atoms with Gasteiger partial charge in [-0.1, -0.05) is 31.2 Å². The molecule has 5 heteroatoms. The van der Waals surface area contributed by atoms with Crippen molar-refractivity contribution >= 4 is 22.6 Å². The number of carbonyl (C=O) groups excluding carboxylic acids is 2. The van der Waals surface area contributed by atoms with E-state index >= 15 is 0 Å². The Kier molecular flexibility index (Phi) is 8.53. The number of carbonyl (C=O) groups is 2. The van der Waals surface area contributed by atoms with Gasteiger partial charge in [-0.3, -0.25) is 14.6 Å². The zero-order valence-corrected chi connectivity index (χ0v) is 23.0. The topological polar surface area (TPSA) is 62.3 Å². The molecular weight excluding hydrogens is 470 g/mol. The summed E-state index contributed by atoms with van der Waals surface area (Å²) in [6.07, 6.45) is 9.33. The second kappa shape index (κ2) is 12.2. The molecule has 0 spiro atoms. The van der Waals surface area contributed by atoms with Gasteiger partial charge >= 0.3 is 0 Å². The first kappa shape index (κ1) is 26.6. The van der Waals surface area contributed by atoms with Crippen molar-refractivity contribution in [2.45, 2.75) is 77.7 Å². The molecule has 5 rings (SSSR count). The van der Waals surface area contributed by atoms with Gasteiger partial charge in [-0.25, -0.2) is 0 Å². The standard InChI is InChI=1S/C33H41N3O2/c1-3-5-32(37)27-12-11-25-17-20-36(21-18-26(25)22-27)19-16-24-9-13-28(14-10-24)35-33(38)30-6-4-7-31-29(30)15-8-23(2)34-31/h4,6-8,11-12,15,22,24,28H,3,5,9-10,13-14,16-21H2,1-2H3,(H,35,38)/t24-,28-. The lowest BCUT2D eigenvalue weighted by Crippen LogP contribution is -2.38. The van der Waals surface area contributed by atoms with Crippen molar-refractivity contribution in [1.82, 2.24) is 15.2 Å². The molecule has 1 amide bonds. The predicted molar refractivity (Wildman–Crippen MR) is 154 cm³/mol. The molecule has 1 aromatic heterocycles. The van der Waals surface area contributed by atoms with Crippen molar-refractivity contribution in [3.8, 4) is 0 Å². The van der Waals surface area contributed by atoms with Crippen LogP contribution in [-0.4, -0.2) is 47.3 Å². The summed E-state index contributed by atoms with van der Waals surface area (Å²) in [6.45, 7) is 7.35. The van der Waals surface area contributed by atoms with Gasteiger partial charge in [0.05, 0.1) is 5.52 Å². The number of amides is 1. The second-order valence-electron chi connectivity index (χ2n) is 11.3. The van der Waals surface area contributed by atoms with Crippen molar-refractivity contribution in [2.24, 2.45) is 5.92 Å². The maximum absolute atomic E-state index is 13.1.